The van der Waals surface area contributed by atoms with Gasteiger partial charge in [0.15, 0.2) is 0 Å². The van der Waals surface area contributed by atoms with Crippen LogP contribution in [0, 0.1) is 13.8 Å². The molecule has 3 rings (SSSR count). The molecule has 1 aromatic carbocycles. The lowest BCUT2D eigenvalue weighted by molar-refractivity contribution is -0.130. The van der Waals surface area contributed by atoms with Crippen molar-refractivity contribution < 1.29 is 4.79 Å². The van der Waals surface area contributed by atoms with E-state index in [2.05, 4.69) is 67.6 Å². The van der Waals surface area contributed by atoms with Gasteiger partial charge in [0, 0.05) is 30.9 Å². The topological polar surface area (TPSA) is 47.6 Å². The highest BCUT2D eigenvalue weighted by molar-refractivity contribution is 5.99. The minimum atomic E-state index is -0.435. The van der Waals surface area contributed by atoms with Gasteiger partial charge < -0.3 is 10.6 Å². The summed E-state index contributed by atoms with van der Waals surface area (Å²) >= 11 is 0. The van der Waals surface area contributed by atoms with E-state index in [1.54, 1.807) is 0 Å². The maximum Gasteiger partial charge on any atom is 0.244 e. The number of para-hydroxylation sites is 1. The Bertz CT molecular complexity index is 659. The van der Waals surface area contributed by atoms with E-state index >= 15 is 0 Å². The highest BCUT2D eigenvalue weighted by Crippen LogP contribution is 2.33. The van der Waals surface area contributed by atoms with Gasteiger partial charge in [-0.05, 0) is 71.8 Å². The standard InChI is InChI=1S/C23H38N4O/c1-17-9-8-10-18(2)21(17)25-22(28)23(26(4)5)13-15-27(16-14-23)20-12-7-6-11-19(20)24-3/h8-10,19-20,24H,6-7,11-16H2,1-5H3,(H,25,28). The highest BCUT2D eigenvalue weighted by atomic mass is 16.2. The number of anilines is 1. The third kappa shape index (κ3) is 4.12. The molecule has 156 valence electrons. The van der Waals surface area contributed by atoms with Crippen molar-refractivity contribution in [3.05, 3.63) is 29.3 Å². The molecule has 0 radical (unpaired) electrons. The predicted octanol–water partition coefficient (Wildman–Crippen LogP) is 3.17. The van der Waals surface area contributed by atoms with Crippen molar-refractivity contribution in [2.45, 2.75) is 70.0 Å². The molecule has 0 spiro atoms. The second-order valence-corrected chi connectivity index (χ2v) is 8.93. The molecule has 28 heavy (non-hydrogen) atoms. The molecule has 2 atom stereocenters. The van der Waals surface area contributed by atoms with E-state index in [4.69, 9.17) is 0 Å². The Kier molecular flexibility index (Phi) is 6.79. The maximum atomic E-state index is 13.5. The average Bonchev–Trinajstić information content (AvgIpc) is 2.70. The lowest BCUT2D eigenvalue weighted by atomic mass is 9.82. The summed E-state index contributed by atoms with van der Waals surface area (Å²) in [6, 6.07) is 7.37. The summed E-state index contributed by atoms with van der Waals surface area (Å²) in [7, 11) is 6.20. The van der Waals surface area contributed by atoms with Crippen LogP contribution in [0.5, 0.6) is 0 Å². The number of hydrogen-bond donors (Lipinski definition) is 2. The summed E-state index contributed by atoms with van der Waals surface area (Å²) in [6.07, 6.45) is 6.95. The van der Waals surface area contributed by atoms with Crippen LogP contribution in [0.3, 0.4) is 0 Å². The minimum absolute atomic E-state index is 0.142. The number of hydrogen-bond acceptors (Lipinski definition) is 4. The van der Waals surface area contributed by atoms with Crippen LogP contribution in [0.25, 0.3) is 0 Å². The molecule has 1 saturated carbocycles. The molecule has 0 aromatic heterocycles. The van der Waals surface area contributed by atoms with Crippen LogP contribution in [-0.4, -0.2) is 67.6 Å². The lowest BCUT2D eigenvalue weighted by Gasteiger charge is -2.49. The molecule has 1 aliphatic carbocycles. The number of nitrogens with one attached hydrogen (secondary N) is 2. The Labute approximate surface area is 170 Å². The summed E-state index contributed by atoms with van der Waals surface area (Å²) in [5.41, 5.74) is 2.78. The Hall–Kier alpha value is -1.43. The van der Waals surface area contributed by atoms with Crippen LogP contribution in [-0.2, 0) is 4.79 Å². The van der Waals surface area contributed by atoms with E-state index in [1.807, 2.05) is 6.07 Å². The van der Waals surface area contributed by atoms with Gasteiger partial charge in [0.1, 0.15) is 5.54 Å². The van der Waals surface area contributed by atoms with Crippen LogP contribution < -0.4 is 10.6 Å². The molecule has 0 bridgehead atoms. The summed E-state index contributed by atoms with van der Waals surface area (Å²) in [5.74, 6) is 0.142. The smallest absolute Gasteiger partial charge is 0.244 e. The van der Waals surface area contributed by atoms with Gasteiger partial charge in [0.2, 0.25) is 5.91 Å². The quantitative estimate of drug-likeness (QED) is 0.816. The fraction of sp³-hybridized carbons (Fsp3) is 0.696. The maximum absolute atomic E-state index is 13.5. The molecule has 2 fully saturated rings. The van der Waals surface area contributed by atoms with Crippen molar-refractivity contribution in [3.63, 3.8) is 0 Å². The molecular formula is C23H38N4O. The summed E-state index contributed by atoms with van der Waals surface area (Å²) in [5, 5.41) is 6.80. The summed E-state index contributed by atoms with van der Waals surface area (Å²) < 4.78 is 0. The number of carbonyl (C=O) groups is 1. The molecular weight excluding hydrogens is 348 g/mol. The number of aryl methyl sites for hydroxylation is 2. The van der Waals surface area contributed by atoms with E-state index in [9.17, 15) is 4.79 Å². The van der Waals surface area contributed by atoms with Crippen LogP contribution >= 0.6 is 0 Å². The Morgan fingerprint density at radius 1 is 1.11 bits per heavy atom. The number of benzene rings is 1. The van der Waals surface area contributed by atoms with Gasteiger partial charge in [-0.25, -0.2) is 0 Å². The molecule has 1 aromatic rings. The molecule has 1 aliphatic heterocycles. The van der Waals surface area contributed by atoms with E-state index in [0.29, 0.717) is 12.1 Å². The second kappa shape index (κ2) is 8.93. The van der Waals surface area contributed by atoms with Gasteiger partial charge in [-0.2, -0.15) is 0 Å². The fourth-order valence-electron chi connectivity index (χ4n) is 5.23. The highest BCUT2D eigenvalue weighted by Gasteiger charge is 2.45. The number of amides is 1. The zero-order chi connectivity index (χ0) is 20.3. The van der Waals surface area contributed by atoms with Gasteiger partial charge in [0.05, 0.1) is 0 Å². The van der Waals surface area contributed by atoms with Crippen molar-refractivity contribution in [3.8, 4) is 0 Å². The van der Waals surface area contributed by atoms with E-state index in [1.165, 1.54) is 25.7 Å². The second-order valence-electron chi connectivity index (χ2n) is 8.93. The zero-order valence-electron chi connectivity index (χ0n) is 18.3. The van der Waals surface area contributed by atoms with Gasteiger partial charge in [0.25, 0.3) is 0 Å². The van der Waals surface area contributed by atoms with Crippen LogP contribution in [0.2, 0.25) is 0 Å². The number of rotatable bonds is 5. The Morgan fingerprint density at radius 2 is 1.71 bits per heavy atom. The van der Waals surface area contributed by atoms with Gasteiger partial charge in [-0.15, -0.1) is 0 Å². The summed E-state index contributed by atoms with van der Waals surface area (Å²) in [4.78, 5) is 18.2. The number of likely N-dealkylation sites (N-methyl/N-ethyl adjacent to an activating group) is 2. The third-order valence-corrected chi connectivity index (χ3v) is 7.19. The molecule has 1 heterocycles. The first kappa shape index (κ1) is 21.3. The number of carbonyl (C=O) groups excluding carboxylic acids is 1. The van der Waals surface area contributed by atoms with E-state index < -0.39 is 5.54 Å². The first-order valence-electron chi connectivity index (χ1n) is 10.9. The molecule has 2 aliphatic rings. The van der Waals surface area contributed by atoms with Crippen LogP contribution in [0.4, 0.5) is 5.69 Å². The van der Waals surface area contributed by atoms with Crippen molar-refractivity contribution in [2.75, 3.05) is 39.5 Å². The van der Waals surface area contributed by atoms with Gasteiger partial charge >= 0.3 is 0 Å². The normalized spacial score (nSPS) is 25.6. The van der Waals surface area contributed by atoms with Gasteiger partial charge in [-0.1, -0.05) is 31.0 Å². The molecule has 1 amide bonds. The van der Waals surface area contributed by atoms with Crippen molar-refractivity contribution in [1.82, 2.24) is 15.1 Å². The number of nitrogens with zero attached hydrogens (tertiary/aromatic N) is 2. The average molecular weight is 387 g/mol. The lowest BCUT2D eigenvalue weighted by Crippen LogP contribution is -2.62. The summed E-state index contributed by atoms with van der Waals surface area (Å²) in [6.45, 7) is 6.10. The SMILES string of the molecule is CNC1CCCCC1N1CCC(C(=O)Nc2c(C)cccc2C)(N(C)C)CC1. The first-order chi connectivity index (χ1) is 13.4. The number of likely N-dealkylation sites (tertiary alicyclic amines) is 1. The molecule has 5 heteroatoms. The molecule has 2 unspecified atom stereocenters. The minimum Gasteiger partial charge on any atom is -0.324 e. The Morgan fingerprint density at radius 3 is 2.29 bits per heavy atom. The van der Waals surface area contributed by atoms with Gasteiger partial charge in [-0.3, -0.25) is 14.6 Å². The number of piperidine rings is 1. The fourth-order valence-corrected chi connectivity index (χ4v) is 5.23. The van der Waals surface area contributed by atoms with Crippen molar-refractivity contribution in [1.29, 1.82) is 0 Å². The van der Waals surface area contributed by atoms with Crippen molar-refractivity contribution in [2.24, 2.45) is 0 Å². The monoisotopic (exact) mass is 386 g/mol. The Balaban J connectivity index is 1.73. The van der Waals surface area contributed by atoms with E-state index in [-0.39, 0.29) is 5.91 Å². The first-order valence-corrected chi connectivity index (χ1v) is 10.9. The van der Waals surface area contributed by atoms with Crippen LogP contribution in [0.1, 0.15) is 49.7 Å². The molecule has 1 saturated heterocycles. The predicted molar refractivity (Wildman–Crippen MR) is 117 cm³/mol. The molecule has 2 N–H and O–H groups in total. The molecule has 5 nitrogen and oxygen atoms in total. The largest absolute Gasteiger partial charge is 0.324 e. The van der Waals surface area contributed by atoms with E-state index in [0.717, 1.165) is 42.7 Å². The third-order valence-electron chi connectivity index (χ3n) is 7.19. The zero-order valence-corrected chi connectivity index (χ0v) is 18.3. The van der Waals surface area contributed by atoms with Crippen LogP contribution in [0.15, 0.2) is 18.2 Å². The van der Waals surface area contributed by atoms with Crippen molar-refractivity contribution >= 4 is 11.6 Å².